The average molecular weight is 236 g/mol. The van der Waals surface area contributed by atoms with Crippen molar-refractivity contribution in [3.8, 4) is 11.5 Å². The molecule has 0 atom stereocenters. The van der Waals surface area contributed by atoms with E-state index in [0.29, 0.717) is 18.1 Å². The zero-order valence-electron chi connectivity index (χ0n) is 9.64. The van der Waals surface area contributed by atoms with E-state index in [1.54, 1.807) is 6.07 Å². The normalized spacial score (nSPS) is 11.1. The van der Waals surface area contributed by atoms with E-state index in [-0.39, 0.29) is 11.5 Å². The molecule has 2 N–H and O–H groups in total. The number of nitrogens with two attached hydrogens (primary N) is 1. The van der Waals surface area contributed by atoms with Crippen molar-refractivity contribution in [1.29, 1.82) is 0 Å². The summed E-state index contributed by atoms with van der Waals surface area (Å²) in [6.07, 6.45) is 0. The highest BCUT2D eigenvalue weighted by Crippen LogP contribution is 2.22. The molecule has 0 radical (unpaired) electrons. The number of aromatic nitrogens is 2. The van der Waals surface area contributed by atoms with Crippen molar-refractivity contribution >= 4 is 5.69 Å². The molecule has 0 fully saturated rings. The Kier molecular flexibility index (Phi) is 3.06. The maximum absolute atomic E-state index is 13.6. The Balaban J connectivity index is 2.30. The van der Waals surface area contributed by atoms with Gasteiger partial charge in [-0.3, -0.25) is 0 Å². The molecular weight excluding hydrogens is 223 g/mol. The Bertz CT molecular complexity index is 524. The van der Waals surface area contributed by atoms with Gasteiger partial charge in [0, 0.05) is 5.69 Å². The van der Waals surface area contributed by atoms with Gasteiger partial charge in [-0.2, -0.15) is 4.98 Å². The van der Waals surface area contributed by atoms with Gasteiger partial charge in [-0.15, -0.1) is 0 Å². The van der Waals surface area contributed by atoms with Crippen LogP contribution in [0.15, 0.2) is 22.7 Å². The van der Waals surface area contributed by atoms with Crippen LogP contribution in [-0.4, -0.2) is 29.1 Å². The van der Waals surface area contributed by atoms with Gasteiger partial charge in [0.2, 0.25) is 0 Å². The largest absolute Gasteiger partial charge is 0.399 e. The van der Waals surface area contributed by atoms with Gasteiger partial charge in [0.05, 0.1) is 12.1 Å². The highest BCUT2D eigenvalue weighted by Gasteiger charge is 2.13. The molecule has 2 aromatic rings. The van der Waals surface area contributed by atoms with E-state index < -0.39 is 5.82 Å². The lowest BCUT2D eigenvalue weighted by Gasteiger charge is -2.03. The maximum Gasteiger partial charge on any atom is 0.260 e. The molecule has 2 rings (SSSR count). The Morgan fingerprint density at radius 3 is 2.82 bits per heavy atom. The second-order valence-electron chi connectivity index (χ2n) is 3.99. The minimum atomic E-state index is -0.468. The number of nitrogen functional groups attached to an aromatic ring is 1. The van der Waals surface area contributed by atoms with Gasteiger partial charge in [-0.1, -0.05) is 5.16 Å². The van der Waals surface area contributed by atoms with Crippen LogP contribution in [0.4, 0.5) is 10.1 Å². The first kappa shape index (κ1) is 11.5. The topological polar surface area (TPSA) is 68.2 Å². The number of rotatable bonds is 3. The highest BCUT2D eigenvalue weighted by atomic mass is 19.1. The summed E-state index contributed by atoms with van der Waals surface area (Å²) < 4.78 is 18.6. The van der Waals surface area contributed by atoms with Crippen molar-refractivity contribution in [2.75, 3.05) is 19.8 Å². The molecule has 1 aromatic carbocycles. The minimum absolute atomic E-state index is 0.166. The van der Waals surface area contributed by atoms with Gasteiger partial charge in [-0.25, -0.2) is 4.39 Å². The van der Waals surface area contributed by atoms with Crippen molar-refractivity contribution in [2.45, 2.75) is 6.54 Å². The number of hydrogen-bond donors (Lipinski definition) is 1. The molecule has 0 saturated heterocycles. The standard InChI is InChI=1S/C11H13FN4O/c1-16(2)6-10-14-11(17-15-10)8-4-3-7(13)5-9(8)12/h3-5H,6,13H2,1-2H3. The molecule has 0 spiro atoms. The van der Waals surface area contributed by atoms with Crippen LogP contribution >= 0.6 is 0 Å². The molecule has 17 heavy (non-hydrogen) atoms. The molecule has 0 aliphatic carbocycles. The van der Waals surface area contributed by atoms with Crippen LogP contribution < -0.4 is 5.73 Å². The zero-order chi connectivity index (χ0) is 12.4. The highest BCUT2D eigenvalue weighted by molar-refractivity contribution is 5.58. The third kappa shape index (κ3) is 2.59. The van der Waals surface area contributed by atoms with E-state index in [1.807, 2.05) is 19.0 Å². The van der Waals surface area contributed by atoms with E-state index in [0.717, 1.165) is 0 Å². The van der Waals surface area contributed by atoms with Crippen LogP contribution in [0.1, 0.15) is 5.82 Å². The number of hydrogen-bond acceptors (Lipinski definition) is 5. The molecule has 90 valence electrons. The summed E-state index contributed by atoms with van der Waals surface area (Å²) in [5, 5.41) is 3.77. The van der Waals surface area contributed by atoms with Gasteiger partial charge in [0.1, 0.15) is 5.82 Å². The fraction of sp³-hybridized carbons (Fsp3) is 0.273. The Hall–Kier alpha value is -1.95. The number of benzene rings is 1. The van der Waals surface area contributed by atoms with Crippen LogP contribution in [0.5, 0.6) is 0 Å². The first-order chi connectivity index (χ1) is 8.06. The Morgan fingerprint density at radius 2 is 2.18 bits per heavy atom. The Labute approximate surface area is 98.0 Å². The molecule has 1 aromatic heterocycles. The van der Waals surface area contributed by atoms with Crippen molar-refractivity contribution in [3.05, 3.63) is 29.8 Å². The summed E-state index contributed by atoms with van der Waals surface area (Å²) in [6, 6.07) is 4.34. The summed E-state index contributed by atoms with van der Waals surface area (Å²) in [4.78, 5) is 6.01. The van der Waals surface area contributed by atoms with Crippen LogP contribution in [0.3, 0.4) is 0 Å². The van der Waals surface area contributed by atoms with Crippen molar-refractivity contribution in [2.24, 2.45) is 0 Å². The summed E-state index contributed by atoms with van der Waals surface area (Å²) >= 11 is 0. The molecule has 6 heteroatoms. The van der Waals surface area contributed by atoms with Crippen molar-refractivity contribution in [3.63, 3.8) is 0 Å². The molecule has 0 amide bonds. The maximum atomic E-state index is 13.6. The number of halogens is 1. The molecule has 0 bridgehead atoms. The first-order valence-corrected chi connectivity index (χ1v) is 5.09. The molecule has 0 saturated carbocycles. The van der Waals surface area contributed by atoms with E-state index in [4.69, 9.17) is 10.3 Å². The van der Waals surface area contributed by atoms with Gasteiger partial charge in [0.15, 0.2) is 5.82 Å². The van der Waals surface area contributed by atoms with Gasteiger partial charge < -0.3 is 15.2 Å². The zero-order valence-corrected chi connectivity index (χ0v) is 9.64. The fourth-order valence-corrected chi connectivity index (χ4v) is 1.42. The lowest BCUT2D eigenvalue weighted by Crippen LogP contribution is -2.11. The molecule has 5 nitrogen and oxygen atoms in total. The van der Waals surface area contributed by atoms with Gasteiger partial charge >= 0.3 is 0 Å². The molecule has 0 aliphatic heterocycles. The molecule has 0 aliphatic rings. The monoisotopic (exact) mass is 236 g/mol. The molecule has 0 unspecified atom stereocenters. The van der Waals surface area contributed by atoms with Crippen LogP contribution in [0.25, 0.3) is 11.5 Å². The van der Waals surface area contributed by atoms with Crippen molar-refractivity contribution < 1.29 is 8.91 Å². The summed E-state index contributed by atoms with van der Waals surface area (Å²) in [5.74, 6) is 0.214. The quantitative estimate of drug-likeness (QED) is 0.818. The lowest BCUT2D eigenvalue weighted by molar-refractivity contribution is 0.365. The number of anilines is 1. The first-order valence-electron chi connectivity index (χ1n) is 5.09. The van der Waals surface area contributed by atoms with E-state index in [2.05, 4.69) is 10.1 Å². The fourth-order valence-electron chi connectivity index (χ4n) is 1.42. The van der Waals surface area contributed by atoms with Crippen LogP contribution in [-0.2, 0) is 6.54 Å². The third-order valence-electron chi connectivity index (χ3n) is 2.15. The average Bonchev–Trinajstić information content (AvgIpc) is 2.65. The van der Waals surface area contributed by atoms with Gasteiger partial charge in [-0.05, 0) is 32.3 Å². The summed E-state index contributed by atoms with van der Waals surface area (Å²) in [6.45, 7) is 0.542. The van der Waals surface area contributed by atoms with Crippen molar-refractivity contribution in [1.82, 2.24) is 15.0 Å². The second kappa shape index (κ2) is 4.50. The lowest BCUT2D eigenvalue weighted by atomic mass is 10.2. The predicted molar refractivity (Wildman–Crippen MR) is 61.5 cm³/mol. The third-order valence-corrected chi connectivity index (χ3v) is 2.15. The van der Waals surface area contributed by atoms with Crippen LogP contribution in [0, 0.1) is 5.82 Å². The summed E-state index contributed by atoms with van der Waals surface area (Å²) in [7, 11) is 3.78. The van der Waals surface area contributed by atoms with E-state index in [1.165, 1.54) is 12.1 Å². The molecule has 1 heterocycles. The van der Waals surface area contributed by atoms with Crippen LogP contribution in [0.2, 0.25) is 0 Å². The SMILES string of the molecule is CN(C)Cc1noc(-c2ccc(N)cc2F)n1. The number of nitrogens with zero attached hydrogens (tertiary/aromatic N) is 3. The van der Waals surface area contributed by atoms with E-state index in [9.17, 15) is 4.39 Å². The van der Waals surface area contributed by atoms with Gasteiger partial charge in [0.25, 0.3) is 5.89 Å². The van der Waals surface area contributed by atoms with E-state index >= 15 is 0 Å². The smallest absolute Gasteiger partial charge is 0.260 e. The predicted octanol–water partition coefficient (Wildman–Crippen LogP) is 1.52. The summed E-state index contributed by atoms with van der Waals surface area (Å²) in [5.41, 5.74) is 6.08. The minimum Gasteiger partial charge on any atom is -0.399 e. The Morgan fingerprint density at radius 1 is 1.41 bits per heavy atom. The molecular formula is C11H13FN4O. The second-order valence-corrected chi connectivity index (χ2v) is 3.99.